The van der Waals surface area contributed by atoms with Crippen molar-refractivity contribution in [3.63, 3.8) is 0 Å². The van der Waals surface area contributed by atoms with Gasteiger partial charge in [0, 0.05) is 31.8 Å². The molecule has 1 aromatic carbocycles. The zero-order valence-corrected chi connectivity index (χ0v) is 14.0. The molecule has 6 heteroatoms. The first-order valence-corrected chi connectivity index (χ1v) is 8.43. The molecule has 24 heavy (non-hydrogen) atoms. The molecule has 0 aromatic heterocycles. The van der Waals surface area contributed by atoms with Crippen LogP contribution in [0, 0.1) is 10.1 Å². The SMILES string of the molecule is CCCN(CC1CCCCO1)C(=O)C=Cc1ccccc1[N+](=O)[O-]. The van der Waals surface area contributed by atoms with Gasteiger partial charge in [-0.3, -0.25) is 14.9 Å². The van der Waals surface area contributed by atoms with Crippen LogP contribution in [0.25, 0.3) is 6.08 Å². The summed E-state index contributed by atoms with van der Waals surface area (Å²) in [6.45, 7) is 4.01. The predicted octanol–water partition coefficient (Wildman–Crippen LogP) is 3.42. The molecule has 1 fully saturated rings. The van der Waals surface area contributed by atoms with Crippen LogP contribution in [0.1, 0.15) is 38.2 Å². The molecule has 0 bridgehead atoms. The molecular weight excluding hydrogens is 308 g/mol. The molecule has 1 amide bonds. The van der Waals surface area contributed by atoms with Crippen LogP contribution in [0.15, 0.2) is 30.3 Å². The van der Waals surface area contributed by atoms with Gasteiger partial charge in [0.1, 0.15) is 0 Å². The molecule has 0 saturated carbocycles. The maximum atomic E-state index is 12.5. The number of nitro groups is 1. The Balaban J connectivity index is 2.05. The Labute approximate surface area is 142 Å². The third kappa shape index (κ3) is 5.16. The van der Waals surface area contributed by atoms with E-state index in [1.807, 2.05) is 6.92 Å². The molecule has 1 aliphatic rings. The number of amides is 1. The van der Waals surface area contributed by atoms with Gasteiger partial charge < -0.3 is 9.64 Å². The van der Waals surface area contributed by atoms with E-state index in [0.717, 1.165) is 32.3 Å². The van der Waals surface area contributed by atoms with Gasteiger partial charge in [-0.25, -0.2) is 0 Å². The van der Waals surface area contributed by atoms with Gasteiger partial charge in [0.15, 0.2) is 0 Å². The molecule has 1 aliphatic heterocycles. The number of hydrogen-bond acceptors (Lipinski definition) is 4. The highest BCUT2D eigenvalue weighted by Crippen LogP contribution is 2.19. The van der Waals surface area contributed by atoms with Crippen LogP contribution in [0.5, 0.6) is 0 Å². The molecule has 0 spiro atoms. The number of nitro benzene ring substituents is 1. The van der Waals surface area contributed by atoms with Gasteiger partial charge in [0.25, 0.3) is 5.69 Å². The van der Waals surface area contributed by atoms with Crippen molar-refractivity contribution in [2.24, 2.45) is 0 Å². The Morgan fingerprint density at radius 2 is 2.21 bits per heavy atom. The van der Waals surface area contributed by atoms with Gasteiger partial charge in [-0.2, -0.15) is 0 Å². The fraction of sp³-hybridized carbons (Fsp3) is 0.500. The van der Waals surface area contributed by atoms with E-state index in [1.54, 1.807) is 23.1 Å². The molecule has 1 saturated heterocycles. The van der Waals surface area contributed by atoms with Gasteiger partial charge in [0.2, 0.25) is 5.91 Å². The second-order valence-corrected chi connectivity index (χ2v) is 5.92. The molecule has 1 heterocycles. The van der Waals surface area contributed by atoms with Crippen molar-refractivity contribution in [1.29, 1.82) is 0 Å². The van der Waals surface area contributed by atoms with Crippen molar-refractivity contribution in [1.82, 2.24) is 4.90 Å². The van der Waals surface area contributed by atoms with Crippen LogP contribution in [-0.2, 0) is 9.53 Å². The molecule has 1 unspecified atom stereocenters. The van der Waals surface area contributed by atoms with Crippen LogP contribution >= 0.6 is 0 Å². The largest absolute Gasteiger partial charge is 0.376 e. The lowest BCUT2D eigenvalue weighted by atomic mass is 10.1. The topological polar surface area (TPSA) is 72.7 Å². The molecule has 0 radical (unpaired) electrons. The second-order valence-electron chi connectivity index (χ2n) is 5.92. The minimum atomic E-state index is -0.441. The Hall–Kier alpha value is -2.21. The number of carbonyl (C=O) groups excluding carboxylic acids is 1. The molecule has 6 nitrogen and oxygen atoms in total. The van der Waals surface area contributed by atoms with E-state index in [4.69, 9.17) is 4.74 Å². The maximum absolute atomic E-state index is 12.5. The molecule has 130 valence electrons. The van der Waals surface area contributed by atoms with Crippen LogP contribution in [0.3, 0.4) is 0 Å². The summed E-state index contributed by atoms with van der Waals surface area (Å²) in [5, 5.41) is 11.0. The first-order chi connectivity index (χ1) is 11.6. The summed E-state index contributed by atoms with van der Waals surface area (Å²) in [6, 6.07) is 6.40. The number of carbonyl (C=O) groups is 1. The van der Waals surface area contributed by atoms with Crippen LogP contribution in [-0.4, -0.2) is 41.5 Å². The predicted molar refractivity (Wildman–Crippen MR) is 92.6 cm³/mol. The third-order valence-corrected chi connectivity index (χ3v) is 4.04. The van der Waals surface area contributed by atoms with E-state index in [-0.39, 0.29) is 17.7 Å². The molecular formula is C18H24N2O4. The third-order valence-electron chi connectivity index (χ3n) is 4.04. The summed E-state index contributed by atoms with van der Waals surface area (Å²) >= 11 is 0. The Kier molecular flexibility index (Phi) is 6.93. The summed E-state index contributed by atoms with van der Waals surface area (Å²) in [5.74, 6) is -0.135. The number of hydrogen-bond donors (Lipinski definition) is 0. The van der Waals surface area contributed by atoms with Crippen molar-refractivity contribution in [2.75, 3.05) is 19.7 Å². The van der Waals surface area contributed by atoms with Gasteiger partial charge >= 0.3 is 0 Å². The summed E-state index contributed by atoms with van der Waals surface area (Å²) in [6.07, 6.45) is 7.07. The minimum absolute atomic E-state index is 0.000736. The molecule has 0 N–H and O–H groups in total. The first-order valence-electron chi connectivity index (χ1n) is 8.43. The fourth-order valence-electron chi connectivity index (χ4n) is 2.82. The molecule has 1 atom stereocenters. The van der Waals surface area contributed by atoms with E-state index in [9.17, 15) is 14.9 Å². The van der Waals surface area contributed by atoms with E-state index in [2.05, 4.69) is 0 Å². The quantitative estimate of drug-likeness (QED) is 0.436. The number of ether oxygens (including phenoxy) is 1. The van der Waals surface area contributed by atoms with Crippen molar-refractivity contribution in [2.45, 2.75) is 38.7 Å². The Morgan fingerprint density at radius 1 is 1.42 bits per heavy atom. The van der Waals surface area contributed by atoms with Crippen LogP contribution in [0.4, 0.5) is 5.69 Å². The molecule has 2 rings (SSSR count). The van der Waals surface area contributed by atoms with Crippen molar-refractivity contribution >= 4 is 17.7 Å². The highest BCUT2D eigenvalue weighted by molar-refractivity contribution is 5.92. The standard InChI is InChI=1S/C18H24N2O4/c1-2-12-19(14-16-8-5-6-13-24-16)18(21)11-10-15-7-3-4-9-17(15)20(22)23/h3-4,7,9-11,16H,2,5-6,8,12-14H2,1H3. The van der Waals surface area contributed by atoms with Crippen LogP contribution < -0.4 is 0 Å². The lowest BCUT2D eigenvalue weighted by Gasteiger charge is -2.29. The number of para-hydroxylation sites is 1. The monoisotopic (exact) mass is 332 g/mol. The summed E-state index contributed by atoms with van der Waals surface area (Å²) in [7, 11) is 0. The van der Waals surface area contributed by atoms with E-state index >= 15 is 0 Å². The van der Waals surface area contributed by atoms with Crippen molar-refractivity contribution in [3.8, 4) is 0 Å². The Bertz CT molecular complexity index is 594. The van der Waals surface area contributed by atoms with E-state index in [0.29, 0.717) is 18.7 Å². The van der Waals surface area contributed by atoms with Gasteiger partial charge in [-0.1, -0.05) is 19.1 Å². The lowest BCUT2D eigenvalue weighted by Crippen LogP contribution is -2.39. The smallest absolute Gasteiger partial charge is 0.276 e. The fourth-order valence-corrected chi connectivity index (χ4v) is 2.82. The van der Waals surface area contributed by atoms with Crippen molar-refractivity contribution < 1.29 is 14.5 Å². The summed E-state index contributed by atoms with van der Waals surface area (Å²) in [5.41, 5.74) is 0.431. The second kappa shape index (κ2) is 9.17. The maximum Gasteiger partial charge on any atom is 0.276 e. The van der Waals surface area contributed by atoms with Gasteiger partial charge in [0.05, 0.1) is 16.6 Å². The number of benzene rings is 1. The minimum Gasteiger partial charge on any atom is -0.376 e. The highest BCUT2D eigenvalue weighted by atomic mass is 16.6. The Morgan fingerprint density at radius 3 is 2.88 bits per heavy atom. The molecule has 0 aliphatic carbocycles. The highest BCUT2D eigenvalue weighted by Gasteiger charge is 2.20. The van der Waals surface area contributed by atoms with E-state index < -0.39 is 4.92 Å². The van der Waals surface area contributed by atoms with Gasteiger partial charge in [-0.05, 0) is 37.8 Å². The van der Waals surface area contributed by atoms with E-state index in [1.165, 1.54) is 18.2 Å². The molecule has 1 aromatic rings. The van der Waals surface area contributed by atoms with Crippen molar-refractivity contribution in [3.05, 3.63) is 46.0 Å². The average molecular weight is 332 g/mol. The number of nitrogens with zero attached hydrogens (tertiary/aromatic N) is 2. The normalized spacial score (nSPS) is 17.8. The first kappa shape index (κ1) is 18.1. The van der Waals surface area contributed by atoms with Crippen LogP contribution in [0.2, 0.25) is 0 Å². The summed E-state index contributed by atoms with van der Waals surface area (Å²) in [4.78, 5) is 24.8. The zero-order valence-electron chi connectivity index (χ0n) is 14.0. The average Bonchev–Trinajstić information content (AvgIpc) is 2.60. The van der Waals surface area contributed by atoms with Gasteiger partial charge in [-0.15, -0.1) is 0 Å². The zero-order chi connectivity index (χ0) is 17.4. The lowest BCUT2D eigenvalue weighted by molar-refractivity contribution is -0.385. The summed E-state index contributed by atoms with van der Waals surface area (Å²) < 4.78 is 5.71. The number of rotatable bonds is 7.